The van der Waals surface area contributed by atoms with Crippen molar-refractivity contribution in [2.45, 2.75) is 6.92 Å². The van der Waals surface area contributed by atoms with Gasteiger partial charge in [0.25, 0.3) is 0 Å². The summed E-state index contributed by atoms with van der Waals surface area (Å²) in [7, 11) is 1.61. The molecule has 0 bridgehead atoms. The largest absolute Gasteiger partial charge is 0.507 e. The fourth-order valence-corrected chi connectivity index (χ4v) is 1.96. The first kappa shape index (κ1) is 12.4. The Morgan fingerprint density at radius 3 is 2.67 bits per heavy atom. The van der Waals surface area contributed by atoms with Crippen LogP contribution in [0, 0.1) is 6.92 Å². The van der Waals surface area contributed by atoms with Crippen molar-refractivity contribution in [2.24, 2.45) is 7.05 Å². The van der Waals surface area contributed by atoms with Gasteiger partial charge in [-0.1, -0.05) is 11.6 Å². The fourth-order valence-electron chi connectivity index (χ4n) is 1.80. The number of phenols is 1. The van der Waals surface area contributed by atoms with Gasteiger partial charge in [0, 0.05) is 17.6 Å². The third-order valence-electron chi connectivity index (χ3n) is 2.73. The van der Waals surface area contributed by atoms with Gasteiger partial charge in [-0.2, -0.15) is 5.10 Å². The van der Waals surface area contributed by atoms with E-state index in [2.05, 4.69) is 5.10 Å². The Morgan fingerprint density at radius 1 is 1.44 bits per heavy atom. The van der Waals surface area contributed by atoms with E-state index in [9.17, 15) is 9.90 Å². The molecule has 2 N–H and O–H groups in total. The van der Waals surface area contributed by atoms with Crippen LogP contribution in [0.25, 0.3) is 11.3 Å². The van der Waals surface area contributed by atoms with E-state index in [1.807, 2.05) is 0 Å². The van der Waals surface area contributed by atoms with E-state index in [1.165, 1.54) is 16.8 Å². The number of benzene rings is 1. The number of nitrogens with zero attached hydrogens (tertiary/aromatic N) is 2. The molecule has 1 aromatic carbocycles. The minimum atomic E-state index is -1.11. The van der Waals surface area contributed by atoms with Gasteiger partial charge in [0.05, 0.1) is 5.69 Å². The van der Waals surface area contributed by atoms with Crippen molar-refractivity contribution < 1.29 is 15.0 Å². The molecule has 0 atom stereocenters. The fraction of sp³-hybridized carbons (Fsp3) is 0.167. The Bertz CT molecular complexity index is 634. The van der Waals surface area contributed by atoms with E-state index in [4.69, 9.17) is 16.7 Å². The zero-order valence-electron chi connectivity index (χ0n) is 9.81. The van der Waals surface area contributed by atoms with Crippen LogP contribution in [0.1, 0.15) is 16.1 Å². The molecule has 0 saturated heterocycles. The average Bonchev–Trinajstić information content (AvgIpc) is 2.67. The number of hydrogen-bond donors (Lipinski definition) is 2. The summed E-state index contributed by atoms with van der Waals surface area (Å²) in [6.45, 7) is 1.75. The number of aromatic hydroxyl groups is 1. The second kappa shape index (κ2) is 4.34. The van der Waals surface area contributed by atoms with Crippen LogP contribution >= 0.6 is 11.6 Å². The maximum absolute atomic E-state index is 10.9. The quantitative estimate of drug-likeness (QED) is 0.875. The predicted octanol–water partition coefficient (Wildman–Crippen LogP) is 2.45. The lowest BCUT2D eigenvalue weighted by Crippen LogP contribution is -1.99. The summed E-state index contributed by atoms with van der Waals surface area (Å²) in [6, 6.07) is 4.46. The summed E-state index contributed by atoms with van der Waals surface area (Å²) in [5.41, 5.74) is 1.60. The van der Waals surface area contributed by atoms with Crippen LogP contribution in [-0.4, -0.2) is 26.0 Å². The first-order valence-electron chi connectivity index (χ1n) is 5.17. The van der Waals surface area contributed by atoms with Gasteiger partial charge in [-0.25, -0.2) is 4.79 Å². The number of hydrogen-bond acceptors (Lipinski definition) is 3. The molecule has 2 aromatic rings. The zero-order chi connectivity index (χ0) is 13.4. The van der Waals surface area contributed by atoms with Gasteiger partial charge in [-0.05, 0) is 30.7 Å². The third kappa shape index (κ3) is 1.93. The Labute approximate surface area is 108 Å². The summed E-state index contributed by atoms with van der Waals surface area (Å²) >= 11 is 6.00. The van der Waals surface area contributed by atoms with Crippen molar-refractivity contribution in [1.82, 2.24) is 9.78 Å². The summed E-state index contributed by atoms with van der Waals surface area (Å²) in [5.74, 6) is -1.08. The zero-order valence-corrected chi connectivity index (χ0v) is 10.6. The molecule has 6 heteroatoms. The number of rotatable bonds is 2. The lowest BCUT2D eigenvalue weighted by Gasteiger charge is -2.09. The monoisotopic (exact) mass is 266 g/mol. The summed E-state index contributed by atoms with van der Waals surface area (Å²) in [6.07, 6.45) is 0. The maximum atomic E-state index is 10.9. The molecule has 0 radical (unpaired) electrons. The average molecular weight is 267 g/mol. The van der Waals surface area contributed by atoms with Gasteiger partial charge in [0.2, 0.25) is 0 Å². The second-order valence-electron chi connectivity index (χ2n) is 3.91. The molecule has 0 spiro atoms. The molecular weight excluding hydrogens is 256 g/mol. The van der Waals surface area contributed by atoms with Crippen LogP contribution in [0.3, 0.4) is 0 Å². The van der Waals surface area contributed by atoms with Crippen LogP contribution in [0.4, 0.5) is 0 Å². The molecule has 5 nitrogen and oxygen atoms in total. The van der Waals surface area contributed by atoms with E-state index in [0.29, 0.717) is 21.8 Å². The normalized spacial score (nSPS) is 10.6. The van der Waals surface area contributed by atoms with Gasteiger partial charge in [-0.15, -0.1) is 0 Å². The Balaban J connectivity index is 2.69. The number of aromatic carboxylic acids is 1. The highest BCUT2D eigenvalue weighted by Gasteiger charge is 2.18. The number of aryl methyl sites for hydroxylation is 1. The number of aromatic nitrogens is 2. The predicted molar refractivity (Wildman–Crippen MR) is 67.0 cm³/mol. The first-order valence-corrected chi connectivity index (χ1v) is 5.55. The standard InChI is InChI=1S/C12H11ClN2O3/c1-6-7(13)3-4-10(16)11(6)9-5-8(12(17)18)14-15(9)2/h3-5,16H,1-2H3,(H,17,18). The first-order chi connectivity index (χ1) is 8.41. The van der Waals surface area contributed by atoms with Crippen LogP contribution in [-0.2, 0) is 7.05 Å². The molecule has 0 saturated carbocycles. The molecular formula is C12H11ClN2O3. The lowest BCUT2D eigenvalue weighted by molar-refractivity contribution is 0.0689. The van der Waals surface area contributed by atoms with E-state index in [1.54, 1.807) is 20.0 Å². The van der Waals surface area contributed by atoms with Crippen molar-refractivity contribution in [3.05, 3.63) is 34.5 Å². The van der Waals surface area contributed by atoms with Crippen LogP contribution in [0.5, 0.6) is 5.75 Å². The number of carbonyl (C=O) groups is 1. The number of carboxylic acid groups (broad SMARTS) is 1. The Morgan fingerprint density at radius 2 is 2.11 bits per heavy atom. The molecule has 0 amide bonds. The van der Waals surface area contributed by atoms with Gasteiger partial charge in [0.15, 0.2) is 5.69 Å². The highest BCUT2D eigenvalue weighted by atomic mass is 35.5. The van der Waals surface area contributed by atoms with Crippen LogP contribution in [0.15, 0.2) is 18.2 Å². The van der Waals surface area contributed by atoms with E-state index >= 15 is 0 Å². The molecule has 0 aliphatic carbocycles. The number of phenolic OH excluding ortho intramolecular Hbond substituents is 1. The minimum Gasteiger partial charge on any atom is -0.507 e. The maximum Gasteiger partial charge on any atom is 0.356 e. The van der Waals surface area contributed by atoms with Crippen molar-refractivity contribution in [3.8, 4) is 17.0 Å². The molecule has 0 aliphatic rings. The minimum absolute atomic E-state index is 0.0387. The Hall–Kier alpha value is -2.01. The van der Waals surface area contributed by atoms with E-state index in [-0.39, 0.29) is 11.4 Å². The molecule has 1 heterocycles. The van der Waals surface area contributed by atoms with Crippen LogP contribution in [0.2, 0.25) is 5.02 Å². The van der Waals surface area contributed by atoms with E-state index < -0.39 is 5.97 Å². The van der Waals surface area contributed by atoms with Crippen LogP contribution < -0.4 is 0 Å². The SMILES string of the molecule is Cc1c(Cl)ccc(O)c1-c1cc(C(=O)O)nn1C. The van der Waals surface area contributed by atoms with Crippen molar-refractivity contribution >= 4 is 17.6 Å². The van der Waals surface area contributed by atoms with Gasteiger partial charge in [-0.3, -0.25) is 4.68 Å². The molecule has 1 aromatic heterocycles. The smallest absolute Gasteiger partial charge is 0.356 e. The second-order valence-corrected chi connectivity index (χ2v) is 4.32. The Kier molecular flexibility index (Phi) is 3.00. The molecule has 18 heavy (non-hydrogen) atoms. The lowest BCUT2D eigenvalue weighted by atomic mass is 10.0. The van der Waals surface area contributed by atoms with Crippen molar-refractivity contribution in [2.75, 3.05) is 0 Å². The van der Waals surface area contributed by atoms with Gasteiger partial charge < -0.3 is 10.2 Å². The highest BCUT2D eigenvalue weighted by Crippen LogP contribution is 2.36. The number of halogens is 1. The molecule has 94 valence electrons. The molecule has 0 fully saturated rings. The van der Waals surface area contributed by atoms with Crippen molar-refractivity contribution in [3.63, 3.8) is 0 Å². The number of carboxylic acids is 1. The highest BCUT2D eigenvalue weighted by molar-refractivity contribution is 6.31. The third-order valence-corrected chi connectivity index (χ3v) is 3.14. The van der Waals surface area contributed by atoms with E-state index in [0.717, 1.165) is 0 Å². The molecule has 2 rings (SSSR count). The van der Waals surface area contributed by atoms with Gasteiger partial charge >= 0.3 is 5.97 Å². The molecule has 0 aliphatic heterocycles. The van der Waals surface area contributed by atoms with Crippen molar-refractivity contribution in [1.29, 1.82) is 0 Å². The van der Waals surface area contributed by atoms with Gasteiger partial charge in [0.1, 0.15) is 5.75 Å². The summed E-state index contributed by atoms with van der Waals surface area (Å²) < 4.78 is 1.40. The summed E-state index contributed by atoms with van der Waals surface area (Å²) in [5, 5.41) is 23.2. The topological polar surface area (TPSA) is 75.3 Å². The molecule has 0 unspecified atom stereocenters. The summed E-state index contributed by atoms with van der Waals surface area (Å²) in [4.78, 5) is 10.9.